The molecule has 1 heterocycles. The van der Waals surface area contributed by atoms with Crippen LogP contribution in [0.15, 0.2) is 24.3 Å². The van der Waals surface area contributed by atoms with E-state index in [1.54, 1.807) is 0 Å². The van der Waals surface area contributed by atoms with E-state index in [4.69, 9.17) is 26.8 Å². The molecule has 1 aliphatic carbocycles. The third-order valence-corrected chi connectivity index (χ3v) is 5.86. The van der Waals surface area contributed by atoms with Crippen molar-refractivity contribution in [1.29, 1.82) is 0 Å². The molecule has 1 saturated carbocycles. The minimum Gasteiger partial charge on any atom is -0.347 e. The third-order valence-electron chi connectivity index (χ3n) is 4.07. The summed E-state index contributed by atoms with van der Waals surface area (Å²) in [6.07, 6.45) is 2.75. The van der Waals surface area contributed by atoms with Crippen molar-refractivity contribution in [2.75, 3.05) is 13.2 Å². The Morgan fingerprint density at radius 3 is 2.80 bits per heavy atom. The number of hydrogen-bond acceptors (Lipinski definition) is 4. The van der Waals surface area contributed by atoms with Crippen LogP contribution >= 0.6 is 23.4 Å². The molecule has 2 aliphatic rings. The average molecular weight is 314 g/mol. The highest BCUT2D eigenvalue weighted by molar-refractivity contribution is 7.99. The molecule has 5 heteroatoms. The van der Waals surface area contributed by atoms with Crippen molar-refractivity contribution in [3.8, 4) is 0 Å². The number of hydrogen-bond donors (Lipinski definition) is 1. The second kappa shape index (κ2) is 6.24. The van der Waals surface area contributed by atoms with Crippen LogP contribution in [0.25, 0.3) is 0 Å². The van der Waals surface area contributed by atoms with Crippen LogP contribution in [0.5, 0.6) is 0 Å². The van der Waals surface area contributed by atoms with E-state index < -0.39 is 0 Å². The lowest BCUT2D eigenvalue weighted by Crippen LogP contribution is -2.47. The van der Waals surface area contributed by atoms with Gasteiger partial charge in [0.15, 0.2) is 5.79 Å². The highest BCUT2D eigenvalue weighted by Crippen LogP contribution is 2.41. The van der Waals surface area contributed by atoms with E-state index >= 15 is 0 Å². The molecule has 0 radical (unpaired) electrons. The molecule has 1 aliphatic heterocycles. The van der Waals surface area contributed by atoms with E-state index in [1.165, 1.54) is 5.56 Å². The van der Waals surface area contributed by atoms with Crippen molar-refractivity contribution >= 4 is 23.4 Å². The Bertz CT molecular complexity index is 465. The van der Waals surface area contributed by atoms with Gasteiger partial charge in [0.2, 0.25) is 0 Å². The highest BCUT2D eigenvalue weighted by atomic mass is 35.5. The van der Waals surface area contributed by atoms with Gasteiger partial charge in [0, 0.05) is 34.9 Å². The zero-order chi connectivity index (χ0) is 14.0. The molecule has 0 amide bonds. The van der Waals surface area contributed by atoms with E-state index in [2.05, 4.69) is 6.07 Å². The number of thioether (sulfide) groups is 1. The Balaban J connectivity index is 1.62. The molecular formula is C15H20ClNO2S. The first-order valence-corrected chi connectivity index (χ1v) is 8.50. The third kappa shape index (κ3) is 3.15. The summed E-state index contributed by atoms with van der Waals surface area (Å²) in [6, 6.07) is 8.19. The maximum Gasteiger partial charge on any atom is 0.169 e. The molecule has 0 bridgehead atoms. The van der Waals surface area contributed by atoms with Gasteiger partial charge in [-0.05, 0) is 18.1 Å². The number of rotatable bonds is 3. The van der Waals surface area contributed by atoms with Gasteiger partial charge in [-0.3, -0.25) is 0 Å². The van der Waals surface area contributed by atoms with Crippen molar-refractivity contribution in [3.05, 3.63) is 34.9 Å². The number of ether oxygens (including phenoxy) is 2. The second-order valence-electron chi connectivity index (χ2n) is 5.46. The van der Waals surface area contributed by atoms with Gasteiger partial charge >= 0.3 is 0 Å². The Labute approximate surface area is 129 Å². The summed E-state index contributed by atoms with van der Waals surface area (Å²) in [7, 11) is 0. The average Bonchev–Trinajstić information content (AvgIpc) is 2.90. The zero-order valence-corrected chi connectivity index (χ0v) is 13.0. The van der Waals surface area contributed by atoms with Crippen LogP contribution in [0.2, 0.25) is 5.02 Å². The van der Waals surface area contributed by atoms with Gasteiger partial charge in [0.05, 0.1) is 13.2 Å². The predicted octanol–water partition coefficient (Wildman–Crippen LogP) is 3.20. The maximum absolute atomic E-state index is 6.27. The van der Waals surface area contributed by atoms with Crippen LogP contribution in [0, 0.1) is 0 Å². The smallest absolute Gasteiger partial charge is 0.169 e. The molecule has 3 rings (SSSR count). The lowest BCUT2D eigenvalue weighted by Gasteiger charge is -2.39. The Morgan fingerprint density at radius 1 is 1.30 bits per heavy atom. The molecule has 1 aromatic rings. The summed E-state index contributed by atoms with van der Waals surface area (Å²) in [5.41, 5.74) is 7.43. The van der Waals surface area contributed by atoms with Crippen LogP contribution in [0.1, 0.15) is 24.8 Å². The van der Waals surface area contributed by atoms with Crippen LogP contribution in [-0.2, 0) is 15.2 Å². The molecule has 1 saturated heterocycles. The fraction of sp³-hybridized carbons (Fsp3) is 0.600. The highest BCUT2D eigenvalue weighted by Gasteiger charge is 2.44. The maximum atomic E-state index is 6.27. The molecule has 20 heavy (non-hydrogen) atoms. The van der Waals surface area contributed by atoms with Gasteiger partial charge < -0.3 is 15.2 Å². The van der Waals surface area contributed by atoms with Crippen LogP contribution in [0.3, 0.4) is 0 Å². The minimum absolute atomic E-state index is 0.209. The van der Waals surface area contributed by atoms with E-state index in [0.29, 0.717) is 18.5 Å². The first-order valence-electron chi connectivity index (χ1n) is 7.07. The van der Waals surface area contributed by atoms with Gasteiger partial charge in [0.1, 0.15) is 0 Å². The monoisotopic (exact) mass is 313 g/mol. The lowest BCUT2D eigenvalue weighted by molar-refractivity contribution is -0.176. The number of benzene rings is 1. The lowest BCUT2D eigenvalue weighted by atomic mass is 9.90. The largest absolute Gasteiger partial charge is 0.347 e. The summed E-state index contributed by atoms with van der Waals surface area (Å²) in [5, 5.41) is 1.19. The number of halogens is 1. The van der Waals surface area contributed by atoms with Crippen molar-refractivity contribution in [3.63, 3.8) is 0 Å². The van der Waals surface area contributed by atoms with E-state index in [1.807, 2.05) is 30.0 Å². The first-order chi connectivity index (χ1) is 9.69. The quantitative estimate of drug-likeness (QED) is 0.930. The fourth-order valence-electron chi connectivity index (χ4n) is 2.89. The fourth-order valence-corrected chi connectivity index (χ4v) is 4.57. The van der Waals surface area contributed by atoms with Crippen LogP contribution in [0.4, 0.5) is 0 Å². The van der Waals surface area contributed by atoms with Crippen LogP contribution in [-0.4, -0.2) is 30.3 Å². The van der Waals surface area contributed by atoms with Gasteiger partial charge in [-0.25, -0.2) is 0 Å². The Hall–Kier alpha value is -0.260. The van der Waals surface area contributed by atoms with Gasteiger partial charge in [-0.2, -0.15) is 11.8 Å². The molecule has 2 N–H and O–H groups in total. The molecule has 2 fully saturated rings. The number of nitrogens with two attached hydrogens (primary N) is 1. The van der Waals surface area contributed by atoms with Crippen LogP contribution < -0.4 is 5.73 Å². The van der Waals surface area contributed by atoms with E-state index in [9.17, 15) is 0 Å². The van der Waals surface area contributed by atoms with E-state index in [0.717, 1.165) is 30.0 Å². The SMILES string of the molecule is NC1CCC2(CC1SCc1ccccc1Cl)OCCO2. The van der Waals surface area contributed by atoms with Crippen molar-refractivity contribution in [2.45, 2.75) is 42.1 Å². The second-order valence-corrected chi connectivity index (χ2v) is 7.09. The summed E-state index contributed by atoms with van der Waals surface area (Å²) in [4.78, 5) is 0. The van der Waals surface area contributed by atoms with Gasteiger partial charge in [0.25, 0.3) is 0 Å². The van der Waals surface area contributed by atoms with Crippen molar-refractivity contribution in [2.24, 2.45) is 5.73 Å². The summed E-state index contributed by atoms with van der Waals surface area (Å²) >= 11 is 8.07. The summed E-state index contributed by atoms with van der Waals surface area (Å²) in [6.45, 7) is 1.41. The summed E-state index contributed by atoms with van der Waals surface area (Å²) in [5.74, 6) is 0.516. The van der Waals surface area contributed by atoms with Gasteiger partial charge in [-0.15, -0.1) is 0 Å². The van der Waals surface area contributed by atoms with Crippen molar-refractivity contribution in [1.82, 2.24) is 0 Å². The normalized spacial score (nSPS) is 28.9. The topological polar surface area (TPSA) is 44.5 Å². The minimum atomic E-state index is -0.367. The molecule has 2 unspecified atom stereocenters. The molecule has 110 valence electrons. The standard InChI is InChI=1S/C15H20ClNO2S/c16-12-4-2-1-3-11(12)10-20-14-9-15(6-5-13(14)17)18-7-8-19-15/h1-4,13-14H,5-10,17H2. The predicted molar refractivity (Wildman–Crippen MR) is 83.0 cm³/mol. The molecule has 2 atom stereocenters. The molecular weight excluding hydrogens is 294 g/mol. The summed E-state index contributed by atoms with van der Waals surface area (Å²) < 4.78 is 11.6. The van der Waals surface area contributed by atoms with Gasteiger partial charge in [-0.1, -0.05) is 29.8 Å². The zero-order valence-electron chi connectivity index (χ0n) is 11.4. The Morgan fingerprint density at radius 2 is 2.05 bits per heavy atom. The molecule has 1 aromatic carbocycles. The molecule has 0 aromatic heterocycles. The Kier molecular flexibility index (Phi) is 4.58. The molecule has 3 nitrogen and oxygen atoms in total. The van der Waals surface area contributed by atoms with Crippen molar-refractivity contribution < 1.29 is 9.47 Å². The van der Waals surface area contributed by atoms with E-state index in [-0.39, 0.29) is 11.8 Å². The first kappa shape index (κ1) is 14.7. The molecule has 1 spiro atoms.